The molecule has 0 saturated heterocycles. The van der Waals surface area contributed by atoms with Crippen LogP contribution in [0.25, 0.3) is 10.9 Å². The van der Waals surface area contributed by atoms with Crippen LogP contribution in [0.15, 0.2) is 83.9 Å². The number of halogens is 2. The number of nitrogen functional groups attached to an aromatic ring is 1. The first-order valence-corrected chi connectivity index (χ1v) is 14.5. The third kappa shape index (κ3) is 8.88. The molecule has 14 nitrogen and oxygen atoms in total. The van der Waals surface area contributed by atoms with Crippen LogP contribution in [-0.2, 0) is 19.4 Å². The molecule has 1 amide bonds. The van der Waals surface area contributed by atoms with Crippen molar-refractivity contribution in [2.75, 3.05) is 26.5 Å². The number of anilines is 1. The number of nitro benzene ring substituents is 2. The number of hydrogen-bond acceptors (Lipinski definition) is 10. The van der Waals surface area contributed by atoms with Gasteiger partial charge in [0, 0.05) is 49.5 Å². The van der Waals surface area contributed by atoms with Gasteiger partial charge in [-0.05, 0) is 48.2 Å². The molecule has 0 aliphatic rings. The van der Waals surface area contributed by atoms with Gasteiger partial charge < -0.3 is 20.5 Å². The molecule has 0 unspecified atom stereocenters. The van der Waals surface area contributed by atoms with E-state index in [4.69, 9.17) is 15.2 Å². The molecule has 0 aliphatic heterocycles. The zero-order valence-electron chi connectivity index (χ0n) is 26.2. The smallest absolute Gasteiger partial charge is 0.271 e. The summed E-state index contributed by atoms with van der Waals surface area (Å²) in [5.41, 5.74) is 6.31. The number of ether oxygens (including phenoxy) is 2. The minimum Gasteiger partial charge on any atom is -0.497 e. The van der Waals surface area contributed by atoms with E-state index in [1.165, 1.54) is 67.6 Å². The number of aromatic nitrogens is 2. The lowest BCUT2D eigenvalue weighted by molar-refractivity contribution is -0.384. The van der Waals surface area contributed by atoms with Crippen LogP contribution in [0, 0.1) is 31.9 Å². The summed E-state index contributed by atoms with van der Waals surface area (Å²) in [4.78, 5) is 48.9. The zero-order valence-corrected chi connectivity index (χ0v) is 26.2. The fraction of sp³-hybridized carbons (Fsp3) is 0.182. The molecule has 0 atom stereocenters. The quantitative estimate of drug-likeness (QED) is 0.109. The van der Waals surface area contributed by atoms with E-state index in [9.17, 15) is 38.6 Å². The number of aryl methyl sites for hydroxylation is 2. The molecule has 5 aromatic rings. The number of benzene rings is 4. The first-order chi connectivity index (χ1) is 23.4. The summed E-state index contributed by atoms with van der Waals surface area (Å²) < 4.78 is 39.0. The van der Waals surface area contributed by atoms with Crippen LogP contribution in [0.3, 0.4) is 0 Å². The van der Waals surface area contributed by atoms with Crippen molar-refractivity contribution in [3.8, 4) is 11.5 Å². The van der Waals surface area contributed by atoms with Crippen LogP contribution in [0.2, 0.25) is 0 Å². The molecular formula is C33H30F2N6O8. The van der Waals surface area contributed by atoms with Gasteiger partial charge in [-0.2, -0.15) is 0 Å². The van der Waals surface area contributed by atoms with Gasteiger partial charge in [0.1, 0.15) is 23.1 Å². The third-order valence-corrected chi connectivity index (χ3v) is 7.33. The number of rotatable bonds is 11. The van der Waals surface area contributed by atoms with Crippen LogP contribution >= 0.6 is 0 Å². The molecular weight excluding hydrogens is 646 g/mol. The minimum absolute atomic E-state index is 0.0114. The summed E-state index contributed by atoms with van der Waals surface area (Å²) in [6, 6.07) is 16.5. The van der Waals surface area contributed by atoms with Gasteiger partial charge in [0.25, 0.3) is 22.8 Å². The molecule has 4 aromatic carbocycles. The van der Waals surface area contributed by atoms with Gasteiger partial charge in [0.15, 0.2) is 0 Å². The van der Waals surface area contributed by atoms with Crippen LogP contribution in [0.4, 0.5) is 25.8 Å². The Bertz CT molecular complexity index is 2090. The number of nitrogens with two attached hydrogens (primary N) is 1. The van der Waals surface area contributed by atoms with Crippen molar-refractivity contribution < 1.29 is 32.9 Å². The lowest BCUT2D eigenvalue weighted by Gasteiger charge is -2.09. The first kappa shape index (κ1) is 35.4. The highest BCUT2D eigenvalue weighted by molar-refractivity contribution is 5.99. The average molecular weight is 677 g/mol. The van der Waals surface area contributed by atoms with Crippen molar-refractivity contribution in [1.82, 2.24) is 14.9 Å². The molecule has 3 N–H and O–H groups in total. The van der Waals surface area contributed by atoms with Gasteiger partial charge in [-0.1, -0.05) is 12.1 Å². The Hall–Kier alpha value is -6.45. The number of methoxy groups -OCH3 is 2. The molecule has 16 heteroatoms. The van der Waals surface area contributed by atoms with Gasteiger partial charge in [0.2, 0.25) is 0 Å². The summed E-state index contributed by atoms with van der Waals surface area (Å²) >= 11 is 0. The lowest BCUT2D eigenvalue weighted by atomic mass is 10.1. The molecule has 1 heterocycles. The molecule has 0 spiro atoms. The molecule has 0 saturated carbocycles. The van der Waals surface area contributed by atoms with Crippen molar-refractivity contribution in [3.05, 3.63) is 138 Å². The average Bonchev–Trinajstić information content (AvgIpc) is 3.09. The van der Waals surface area contributed by atoms with E-state index in [1.807, 2.05) is 0 Å². The number of nitro groups is 2. The van der Waals surface area contributed by atoms with E-state index in [0.29, 0.717) is 29.0 Å². The molecule has 0 bridgehead atoms. The number of nitrogens with zero attached hydrogens (tertiary/aromatic N) is 4. The maximum Gasteiger partial charge on any atom is 0.271 e. The van der Waals surface area contributed by atoms with Gasteiger partial charge in [-0.3, -0.25) is 34.4 Å². The number of carbonyl (C=O) groups excluding carboxylic acids is 1. The number of fused-ring (bicyclic) bond motifs is 1. The zero-order chi connectivity index (χ0) is 35.7. The Kier molecular flexibility index (Phi) is 11.5. The number of hydrogen-bond donors (Lipinski definition) is 2. The summed E-state index contributed by atoms with van der Waals surface area (Å²) in [5, 5.41) is 24.3. The summed E-state index contributed by atoms with van der Waals surface area (Å²) in [6.45, 7) is 0.431. The van der Waals surface area contributed by atoms with E-state index >= 15 is 0 Å². The monoisotopic (exact) mass is 676 g/mol. The molecule has 0 radical (unpaired) electrons. The largest absolute Gasteiger partial charge is 0.497 e. The SMILES string of the molecule is COc1ccc(CCNC(=O)c2ccc([N+](=O)[O-])cc2N)c(F)c1.COc1ccc(CCn2cnc3cc([N+](=O)[O-])ccc3c2=O)c(F)c1. The highest BCUT2D eigenvalue weighted by atomic mass is 19.1. The predicted octanol–water partition coefficient (Wildman–Crippen LogP) is 4.99. The van der Waals surface area contributed by atoms with Gasteiger partial charge >= 0.3 is 0 Å². The highest BCUT2D eigenvalue weighted by Gasteiger charge is 2.15. The summed E-state index contributed by atoms with van der Waals surface area (Å²) in [6.07, 6.45) is 1.90. The normalized spacial score (nSPS) is 10.5. The number of carbonyl (C=O) groups is 1. The van der Waals surface area contributed by atoms with Crippen LogP contribution in [-0.4, -0.2) is 46.1 Å². The van der Waals surface area contributed by atoms with Gasteiger partial charge in [-0.25, -0.2) is 13.8 Å². The van der Waals surface area contributed by atoms with Gasteiger partial charge in [0.05, 0.1) is 52.5 Å². The fourth-order valence-electron chi connectivity index (χ4n) is 4.65. The molecule has 5 rings (SSSR count). The third-order valence-electron chi connectivity index (χ3n) is 7.33. The molecule has 49 heavy (non-hydrogen) atoms. The van der Waals surface area contributed by atoms with Crippen LogP contribution in [0.5, 0.6) is 11.5 Å². The second kappa shape index (κ2) is 15.9. The Morgan fingerprint density at radius 1 is 0.857 bits per heavy atom. The van der Waals surface area contributed by atoms with E-state index in [-0.39, 0.29) is 58.6 Å². The Morgan fingerprint density at radius 2 is 1.43 bits per heavy atom. The van der Waals surface area contributed by atoms with Crippen molar-refractivity contribution in [3.63, 3.8) is 0 Å². The highest BCUT2D eigenvalue weighted by Crippen LogP contribution is 2.21. The second-order valence-electron chi connectivity index (χ2n) is 10.4. The number of nitrogens with one attached hydrogen (secondary N) is 1. The van der Waals surface area contributed by atoms with Crippen molar-refractivity contribution in [1.29, 1.82) is 0 Å². The standard InChI is InChI=1S/C17H14FN3O4.C16H16FN3O4/c1-25-13-4-2-11(15(18)9-13)6-7-20-10-19-16-8-12(21(23)24)3-5-14(16)17(20)22;1-24-12-4-2-10(14(17)9-12)6-7-19-16(21)13-5-3-11(20(22)23)8-15(13)18/h2-5,8-10H,6-7H2,1H3;2-5,8-9H,6-7,18H2,1H3,(H,19,21). The van der Waals surface area contributed by atoms with E-state index in [1.54, 1.807) is 24.3 Å². The first-order valence-electron chi connectivity index (χ1n) is 14.5. The Labute approximate surface area is 277 Å². The van der Waals surface area contributed by atoms with Crippen LogP contribution in [0.1, 0.15) is 21.5 Å². The summed E-state index contributed by atoms with van der Waals surface area (Å²) in [5.74, 6) is -0.460. The van der Waals surface area contributed by atoms with Gasteiger partial charge in [-0.15, -0.1) is 0 Å². The van der Waals surface area contributed by atoms with E-state index in [0.717, 1.165) is 6.07 Å². The van der Waals surface area contributed by atoms with Crippen molar-refractivity contribution in [2.24, 2.45) is 0 Å². The second-order valence-corrected chi connectivity index (χ2v) is 10.4. The predicted molar refractivity (Wildman–Crippen MR) is 176 cm³/mol. The lowest BCUT2D eigenvalue weighted by Crippen LogP contribution is -2.26. The van der Waals surface area contributed by atoms with E-state index in [2.05, 4.69) is 10.3 Å². The van der Waals surface area contributed by atoms with Crippen molar-refractivity contribution in [2.45, 2.75) is 19.4 Å². The molecule has 0 fully saturated rings. The van der Waals surface area contributed by atoms with E-state index < -0.39 is 27.4 Å². The molecule has 0 aliphatic carbocycles. The topological polar surface area (TPSA) is 195 Å². The number of amides is 1. The fourth-order valence-corrected chi connectivity index (χ4v) is 4.65. The molecule has 254 valence electrons. The Balaban J connectivity index is 0.000000221. The minimum atomic E-state index is -0.593. The van der Waals surface area contributed by atoms with Crippen molar-refractivity contribution >= 4 is 33.9 Å². The summed E-state index contributed by atoms with van der Waals surface area (Å²) in [7, 11) is 2.91. The maximum atomic E-state index is 14.0. The van der Waals surface area contributed by atoms with Crippen LogP contribution < -0.4 is 26.1 Å². The number of non-ortho nitro benzene ring substituents is 2. The molecule has 1 aromatic heterocycles. The maximum absolute atomic E-state index is 14.0. The Morgan fingerprint density at radius 3 is 1.98 bits per heavy atom.